The van der Waals surface area contributed by atoms with Crippen molar-refractivity contribution in [2.75, 3.05) is 6.54 Å². The molecule has 3 rings (SSSR count). The highest BCUT2D eigenvalue weighted by atomic mass is 16.2. The third-order valence-electron chi connectivity index (χ3n) is 4.58. The van der Waals surface area contributed by atoms with E-state index in [-0.39, 0.29) is 23.7 Å². The molecular formula is C17H21NO2. The molecule has 0 bridgehead atoms. The van der Waals surface area contributed by atoms with Gasteiger partial charge in [-0.15, -0.1) is 0 Å². The Hall–Kier alpha value is -1.64. The summed E-state index contributed by atoms with van der Waals surface area (Å²) in [5.41, 5.74) is 2.63. The summed E-state index contributed by atoms with van der Waals surface area (Å²) < 4.78 is 0. The molecule has 106 valence electrons. The first-order valence-corrected chi connectivity index (χ1v) is 7.52. The van der Waals surface area contributed by atoms with Gasteiger partial charge in [0.15, 0.2) is 0 Å². The molecule has 1 atom stereocenters. The third kappa shape index (κ3) is 2.49. The molecule has 1 fully saturated rings. The number of Topliss-reactive ketones (excluding diaryl/α,β-unsaturated/α-hetero) is 1. The van der Waals surface area contributed by atoms with Crippen LogP contribution in [0.3, 0.4) is 0 Å². The van der Waals surface area contributed by atoms with Crippen molar-refractivity contribution in [1.29, 1.82) is 0 Å². The average molecular weight is 271 g/mol. The van der Waals surface area contributed by atoms with Gasteiger partial charge in [-0.05, 0) is 43.7 Å². The smallest absolute Gasteiger partial charge is 0.226 e. The fraction of sp³-hybridized carbons (Fsp3) is 0.529. The highest BCUT2D eigenvalue weighted by Gasteiger charge is 2.36. The molecule has 1 amide bonds. The van der Waals surface area contributed by atoms with E-state index in [1.54, 1.807) is 6.92 Å². The summed E-state index contributed by atoms with van der Waals surface area (Å²) in [6, 6.07) is 8.48. The maximum atomic E-state index is 12.7. The molecule has 0 saturated carbocycles. The lowest BCUT2D eigenvalue weighted by Gasteiger charge is -2.26. The Kier molecular flexibility index (Phi) is 3.60. The van der Waals surface area contributed by atoms with Crippen LogP contribution in [0, 0.1) is 5.92 Å². The zero-order valence-electron chi connectivity index (χ0n) is 12.0. The predicted molar refractivity (Wildman–Crippen MR) is 77.4 cm³/mol. The number of nitrogens with zero attached hydrogens (tertiary/aromatic N) is 1. The molecule has 1 heterocycles. The molecule has 1 aromatic rings. The van der Waals surface area contributed by atoms with Gasteiger partial charge in [0.25, 0.3) is 0 Å². The number of likely N-dealkylation sites (tertiary alicyclic amines) is 1. The third-order valence-corrected chi connectivity index (χ3v) is 4.58. The summed E-state index contributed by atoms with van der Waals surface area (Å²) in [7, 11) is 0. The van der Waals surface area contributed by atoms with E-state index in [9.17, 15) is 9.59 Å². The van der Waals surface area contributed by atoms with Crippen molar-refractivity contribution in [3.8, 4) is 0 Å². The minimum Gasteiger partial charge on any atom is -0.339 e. The SMILES string of the molecule is CC(=O)CC1CCCN1C(=O)C1Cc2ccccc2C1. The molecule has 3 heteroatoms. The molecule has 1 aliphatic heterocycles. The number of carbonyl (C=O) groups excluding carboxylic acids is 2. The number of fused-ring (bicyclic) bond motifs is 1. The lowest BCUT2D eigenvalue weighted by molar-refractivity contribution is -0.136. The summed E-state index contributed by atoms with van der Waals surface area (Å²) in [4.78, 5) is 26.0. The van der Waals surface area contributed by atoms with Crippen LogP contribution >= 0.6 is 0 Å². The quantitative estimate of drug-likeness (QED) is 0.846. The Morgan fingerprint density at radius 1 is 1.20 bits per heavy atom. The van der Waals surface area contributed by atoms with Crippen LogP contribution < -0.4 is 0 Å². The molecular weight excluding hydrogens is 250 g/mol. The molecule has 0 N–H and O–H groups in total. The summed E-state index contributed by atoms with van der Waals surface area (Å²) >= 11 is 0. The lowest BCUT2D eigenvalue weighted by Crippen LogP contribution is -2.40. The topological polar surface area (TPSA) is 37.4 Å². The number of carbonyl (C=O) groups is 2. The molecule has 1 aliphatic carbocycles. The number of hydrogen-bond acceptors (Lipinski definition) is 2. The van der Waals surface area contributed by atoms with Crippen molar-refractivity contribution >= 4 is 11.7 Å². The average Bonchev–Trinajstić information content (AvgIpc) is 3.03. The van der Waals surface area contributed by atoms with Crippen LogP contribution in [-0.2, 0) is 22.4 Å². The van der Waals surface area contributed by atoms with Crippen LogP contribution in [0.4, 0.5) is 0 Å². The maximum absolute atomic E-state index is 12.7. The Bertz CT molecular complexity index is 513. The van der Waals surface area contributed by atoms with Crippen molar-refractivity contribution in [3.05, 3.63) is 35.4 Å². The highest BCUT2D eigenvalue weighted by Crippen LogP contribution is 2.30. The second-order valence-electron chi connectivity index (χ2n) is 6.11. The summed E-state index contributed by atoms with van der Waals surface area (Å²) in [6.07, 6.45) is 4.25. The van der Waals surface area contributed by atoms with Gasteiger partial charge >= 0.3 is 0 Å². The van der Waals surface area contributed by atoms with Crippen molar-refractivity contribution in [3.63, 3.8) is 0 Å². The van der Waals surface area contributed by atoms with Crippen molar-refractivity contribution < 1.29 is 9.59 Å². The molecule has 1 saturated heterocycles. The molecule has 0 spiro atoms. The fourth-order valence-electron chi connectivity index (χ4n) is 3.64. The normalized spacial score (nSPS) is 22.1. The van der Waals surface area contributed by atoms with Crippen molar-refractivity contribution in [2.24, 2.45) is 5.92 Å². The molecule has 0 aromatic heterocycles. The molecule has 1 unspecified atom stereocenters. The van der Waals surface area contributed by atoms with E-state index in [1.807, 2.05) is 17.0 Å². The molecule has 3 nitrogen and oxygen atoms in total. The van der Waals surface area contributed by atoms with Gasteiger partial charge in [-0.25, -0.2) is 0 Å². The van der Waals surface area contributed by atoms with E-state index in [0.717, 1.165) is 32.2 Å². The van der Waals surface area contributed by atoms with E-state index in [4.69, 9.17) is 0 Å². The van der Waals surface area contributed by atoms with Gasteiger partial charge in [-0.2, -0.15) is 0 Å². The molecule has 20 heavy (non-hydrogen) atoms. The minimum atomic E-state index is 0.0833. The highest BCUT2D eigenvalue weighted by molar-refractivity contribution is 5.82. The Balaban J connectivity index is 1.69. The number of benzene rings is 1. The summed E-state index contributed by atoms with van der Waals surface area (Å²) in [6.45, 7) is 2.44. The van der Waals surface area contributed by atoms with Crippen LogP contribution in [0.1, 0.15) is 37.3 Å². The zero-order valence-corrected chi connectivity index (χ0v) is 12.0. The standard InChI is InChI=1S/C17H21NO2/c1-12(19)9-16-7-4-8-18(16)17(20)15-10-13-5-2-3-6-14(13)11-15/h2-3,5-6,15-16H,4,7-11H2,1H3. The Morgan fingerprint density at radius 2 is 1.85 bits per heavy atom. The van der Waals surface area contributed by atoms with Gasteiger partial charge in [-0.1, -0.05) is 24.3 Å². The second-order valence-corrected chi connectivity index (χ2v) is 6.11. The van der Waals surface area contributed by atoms with Crippen molar-refractivity contribution in [1.82, 2.24) is 4.90 Å². The van der Waals surface area contributed by atoms with Gasteiger partial charge in [0, 0.05) is 24.9 Å². The van der Waals surface area contributed by atoms with E-state index in [0.29, 0.717) is 6.42 Å². The first kappa shape index (κ1) is 13.3. The first-order valence-electron chi connectivity index (χ1n) is 7.52. The van der Waals surface area contributed by atoms with Crippen molar-refractivity contribution in [2.45, 2.75) is 45.1 Å². The van der Waals surface area contributed by atoms with Gasteiger partial charge < -0.3 is 4.90 Å². The fourth-order valence-corrected chi connectivity index (χ4v) is 3.64. The first-order chi connectivity index (χ1) is 9.65. The van der Waals surface area contributed by atoms with Crippen LogP contribution in [0.15, 0.2) is 24.3 Å². The lowest BCUT2D eigenvalue weighted by atomic mass is 10.0. The minimum absolute atomic E-state index is 0.0833. The van der Waals surface area contributed by atoms with Crippen LogP contribution in [0.25, 0.3) is 0 Å². The van der Waals surface area contributed by atoms with Gasteiger partial charge in [0.1, 0.15) is 5.78 Å². The van der Waals surface area contributed by atoms with E-state index in [2.05, 4.69) is 12.1 Å². The second kappa shape index (κ2) is 5.39. The zero-order chi connectivity index (χ0) is 14.1. The van der Waals surface area contributed by atoms with E-state index >= 15 is 0 Å². The molecule has 2 aliphatic rings. The maximum Gasteiger partial charge on any atom is 0.226 e. The number of hydrogen-bond donors (Lipinski definition) is 0. The van der Waals surface area contributed by atoms with Gasteiger partial charge in [0.05, 0.1) is 0 Å². The molecule has 0 radical (unpaired) electrons. The molecule has 1 aromatic carbocycles. The predicted octanol–water partition coefficient (Wildman–Crippen LogP) is 2.37. The number of ketones is 1. The van der Waals surface area contributed by atoms with Gasteiger partial charge in [0.2, 0.25) is 5.91 Å². The van der Waals surface area contributed by atoms with Crippen LogP contribution in [0.2, 0.25) is 0 Å². The van der Waals surface area contributed by atoms with E-state index < -0.39 is 0 Å². The van der Waals surface area contributed by atoms with Crippen LogP contribution in [-0.4, -0.2) is 29.2 Å². The summed E-state index contributed by atoms with van der Waals surface area (Å²) in [5, 5.41) is 0. The Labute approximate surface area is 120 Å². The number of rotatable bonds is 3. The Morgan fingerprint density at radius 3 is 2.45 bits per heavy atom. The number of amides is 1. The van der Waals surface area contributed by atoms with Gasteiger partial charge in [-0.3, -0.25) is 9.59 Å². The summed E-state index contributed by atoms with van der Waals surface area (Å²) in [5.74, 6) is 0.523. The van der Waals surface area contributed by atoms with Crippen LogP contribution in [0.5, 0.6) is 0 Å². The monoisotopic (exact) mass is 271 g/mol. The largest absolute Gasteiger partial charge is 0.339 e. The van der Waals surface area contributed by atoms with E-state index in [1.165, 1.54) is 11.1 Å².